The van der Waals surface area contributed by atoms with Gasteiger partial charge in [-0.15, -0.1) is 0 Å². The van der Waals surface area contributed by atoms with E-state index in [2.05, 4.69) is 187 Å². The zero-order chi connectivity index (χ0) is 40.3. The van der Waals surface area contributed by atoms with E-state index >= 15 is 0 Å². The first-order valence-corrected chi connectivity index (χ1v) is 20.7. The fourth-order valence-corrected chi connectivity index (χ4v) is 9.09. The molecular weight excluding hydrogens is 741 g/mol. The van der Waals surface area contributed by atoms with E-state index in [0.717, 1.165) is 44.6 Å². The number of aromatic nitrogens is 4. The third-order valence-corrected chi connectivity index (χ3v) is 12.0. The lowest BCUT2D eigenvalue weighted by Gasteiger charge is -2.14. The van der Waals surface area contributed by atoms with Crippen molar-refractivity contribution in [3.8, 4) is 62.1 Å². The zero-order valence-electron chi connectivity index (χ0n) is 33.1. The Labute approximate surface area is 352 Å². The van der Waals surface area contributed by atoms with Gasteiger partial charge in [-0.3, -0.25) is 0 Å². The minimum absolute atomic E-state index is 0.629. The van der Waals surface area contributed by atoms with E-state index in [4.69, 9.17) is 15.0 Å². The molecule has 0 saturated heterocycles. The van der Waals surface area contributed by atoms with E-state index in [9.17, 15) is 0 Å². The van der Waals surface area contributed by atoms with Crippen LogP contribution in [-0.4, -0.2) is 19.5 Å². The van der Waals surface area contributed by atoms with Gasteiger partial charge >= 0.3 is 0 Å². The minimum Gasteiger partial charge on any atom is -0.309 e. The van der Waals surface area contributed by atoms with Crippen molar-refractivity contribution < 1.29 is 0 Å². The van der Waals surface area contributed by atoms with Crippen molar-refractivity contribution in [3.63, 3.8) is 0 Å². The number of para-hydroxylation sites is 1. The largest absolute Gasteiger partial charge is 0.309 e. The molecule has 0 atom stereocenters. The van der Waals surface area contributed by atoms with Gasteiger partial charge in [-0.05, 0) is 84.9 Å². The average Bonchev–Trinajstić information content (AvgIpc) is 3.68. The van der Waals surface area contributed by atoms with Gasteiger partial charge in [0.05, 0.1) is 11.0 Å². The van der Waals surface area contributed by atoms with E-state index in [1.807, 2.05) is 36.4 Å². The molecule has 0 aliphatic heterocycles. The summed E-state index contributed by atoms with van der Waals surface area (Å²) < 4.78 is 2.43. The van der Waals surface area contributed by atoms with E-state index in [1.54, 1.807) is 0 Å². The SMILES string of the molecule is c1ccc(-c2ccc(-c3nc(-c4ccccc4)nc(-c4cccc(-c5ccc6c7ccccc7n(-c7ccc8c9ccccc9c9ccccc9c8c7)c6c5)c4)n3)cc2)cc1. The third kappa shape index (κ3) is 5.96. The molecular formula is C57H36N4. The highest BCUT2D eigenvalue weighted by molar-refractivity contribution is 6.25. The van der Waals surface area contributed by atoms with Gasteiger partial charge in [0.25, 0.3) is 0 Å². The predicted octanol–water partition coefficient (Wildman–Crippen LogP) is 14.8. The lowest BCUT2D eigenvalue weighted by molar-refractivity contribution is 1.07. The second-order valence-electron chi connectivity index (χ2n) is 15.6. The summed E-state index contributed by atoms with van der Waals surface area (Å²) in [5, 5.41) is 10.0. The van der Waals surface area contributed by atoms with Crippen molar-refractivity contribution in [2.75, 3.05) is 0 Å². The maximum Gasteiger partial charge on any atom is 0.164 e. The monoisotopic (exact) mass is 776 g/mol. The van der Waals surface area contributed by atoms with Gasteiger partial charge in [0.1, 0.15) is 0 Å². The molecule has 61 heavy (non-hydrogen) atoms. The Morgan fingerprint density at radius 3 is 1.31 bits per heavy atom. The minimum atomic E-state index is 0.629. The fourth-order valence-electron chi connectivity index (χ4n) is 9.09. The summed E-state index contributed by atoms with van der Waals surface area (Å²) in [5.41, 5.74) is 10.8. The van der Waals surface area contributed by atoms with Gasteiger partial charge in [-0.2, -0.15) is 0 Å². The molecule has 0 amide bonds. The van der Waals surface area contributed by atoms with Gasteiger partial charge in [0, 0.05) is 33.2 Å². The van der Waals surface area contributed by atoms with Gasteiger partial charge in [-0.25, -0.2) is 15.0 Å². The summed E-state index contributed by atoms with van der Waals surface area (Å²) >= 11 is 0. The Kier molecular flexibility index (Phi) is 8.13. The van der Waals surface area contributed by atoms with Crippen molar-refractivity contribution in [2.24, 2.45) is 0 Å². The Balaban J connectivity index is 0.993. The van der Waals surface area contributed by atoms with Gasteiger partial charge in [-0.1, -0.05) is 188 Å². The molecule has 0 spiro atoms. The van der Waals surface area contributed by atoms with Crippen LogP contribution in [0, 0.1) is 0 Å². The molecule has 0 N–H and O–H groups in total. The molecule has 0 bridgehead atoms. The Morgan fingerprint density at radius 1 is 0.230 bits per heavy atom. The van der Waals surface area contributed by atoms with Crippen molar-refractivity contribution in [2.45, 2.75) is 0 Å². The molecule has 0 unspecified atom stereocenters. The third-order valence-electron chi connectivity index (χ3n) is 12.0. The molecule has 4 nitrogen and oxygen atoms in total. The maximum atomic E-state index is 5.11. The van der Waals surface area contributed by atoms with Crippen molar-refractivity contribution in [3.05, 3.63) is 218 Å². The van der Waals surface area contributed by atoms with Crippen LogP contribution in [0.25, 0.3) is 116 Å². The molecule has 4 heteroatoms. The highest BCUT2D eigenvalue weighted by Gasteiger charge is 2.17. The van der Waals surface area contributed by atoms with Crippen LogP contribution < -0.4 is 0 Å². The molecule has 0 aliphatic carbocycles. The molecule has 2 aromatic heterocycles. The number of benzene rings is 10. The molecule has 0 fully saturated rings. The maximum absolute atomic E-state index is 5.11. The number of fused-ring (bicyclic) bond motifs is 9. The Morgan fingerprint density at radius 2 is 0.639 bits per heavy atom. The van der Waals surface area contributed by atoms with Crippen LogP contribution in [0.3, 0.4) is 0 Å². The molecule has 10 aromatic carbocycles. The van der Waals surface area contributed by atoms with Crippen LogP contribution in [0.2, 0.25) is 0 Å². The smallest absolute Gasteiger partial charge is 0.164 e. The average molecular weight is 777 g/mol. The summed E-state index contributed by atoms with van der Waals surface area (Å²) in [6, 6.07) is 77.7. The van der Waals surface area contributed by atoms with Gasteiger partial charge < -0.3 is 4.57 Å². The first-order chi connectivity index (χ1) is 30.2. The van der Waals surface area contributed by atoms with Crippen LogP contribution in [0.4, 0.5) is 0 Å². The van der Waals surface area contributed by atoms with Crippen molar-refractivity contribution in [1.29, 1.82) is 0 Å². The number of hydrogen-bond acceptors (Lipinski definition) is 3. The lowest BCUT2D eigenvalue weighted by Crippen LogP contribution is -2.00. The van der Waals surface area contributed by atoms with E-state index in [0.29, 0.717) is 17.5 Å². The molecule has 0 aliphatic rings. The summed E-state index contributed by atoms with van der Waals surface area (Å²) in [7, 11) is 0. The van der Waals surface area contributed by atoms with Crippen LogP contribution in [0.15, 0.2) is 218 Å². The van der Waals surface area contributed by atoms with Crippen LogP contribution in [0.5, 0.6) is 0 Å². The summed E-state index contributed by atoms with van der Waals surface area (Å²) in [4.78, 5) is 15.2. The highest BCUT2D eigenvalue weighted by Crippen LogP contribution is 2.40. The second-order valence-corrected chi connectivity index (χ2v) is 15.6. The normalized spacial score (nSPS) is 11.6. The predicted molar refractivity (Wildman–Crippen MR) is 254 cm³/mol. The van der Waals surface area contributed by atoms with E-state index in [1.165, 1.54) is 54.2 Å². The number of nitrogens with zero attached hydrogens (tertiary/aromatic N) is 4. The number of rotatable bonds is 6. The quantitative estimate of drug-likeness (QED) is 0.158. The first kappa shape index (κ1) is 34.8. The second kappa shape index (κ2) is 14.3. The molecule has 12 rings (SSSR count). The van der Waals surface area contributed by atoms with Gasteiger partial charge in [0.15, 0.2) is 17.5 Å². The van der Waals surface area contributed by atoms with Crippen LogP contribution >= 0.6 is 0 Å². The van der Waals surface area contributed by atoms with Crippen molar-refractivity contribution >= 4 is 54.1 Å². The molecule has 284 valence electrons. The first-order valence-electron chi connectivity index (χ1n) is 20.7. The van der Waals surface area contributed by atoms with E-state index in [-0.39, 0.29) is 0 Å². The molecule has 0 saturated carbocycles. The Bertz CT molecular complexity index is 3590. The zero-order valence-corrected chi connectivity index (χ0v) is 33.1. The fraction of sp³-hybridized carbons (Fsp3) is 0. The van der Waals surface area contributed by atoms with Crippen LogP contribution in [-0.2, 0) is 0 Å². The summed E-state index contributed by atoms with van der Waals surface area (Å²) in [6.07, 6.45) is 0. The summed E-state index contributed by atoms with van der Waals surface area (Å²) in [5.74, 6) is 1.90. The topological polar surface area (TPSA) is 43.6 Å². The van der Waals surface area contributed by atoms with Gasteiger partial charge in [0.2, 0.25) is 0 Å². The van der Waals surface area contributed by atoms with E-state index < -0.39 is 0 Å². The summed E-state index contributed by atoms with van der Waals surface area (Å²) in [6.45, 7) is 0. The van der Waals surface area contributed by atoms with Crippen LogP contribution in [0.1, 0.15) is 0 Å². The molecule has 0 radical (unpaired) electrons. The number of hydrogen-bond donors (Lipinski definition) is 0. The highest BCUT2D eigenvalue weighted by atomic mass is 15.0. The lowest BCUT2D eigenvalue weighted by atomic mass is 9.94. The molecule has 12 aromatic rings. The standard InChI is InChI=1S/C57H36N4/c1-3-14-37(15-4-1)38-26-28-40(29-27-38)56-58-55(39-16-5-2-6-17-39)59-57(60-56)43-19-13-18-41(34-43)42-30-32-51-50-24-11-12-25-53(50)61(54(51)35-42)44-31-33-49-47-22-8-7-20-45(47)46-21-9-10-23-48(46)52(49)36-44/h1-36H. The van der Waals surface area contributed by atoms with Crippen molar-refractivity contribution in [1.82, 2.24) is 19.5 Å². The molecule has 2 heterocycles. The Hall–Kier alpha value is -8.21.